The van der Waals surface area contributed by atoms with Gasteiger partial charge in [0.05, 0.1) is 5.54 Å². The number of para-hydroxylation sites is 1. The number of hydroxylamine groups is 2. The van der Waals surface area contributed by atoms with Gasteiger partial charge in [0.2, 0.25) is 0 Å². The lowest BCUT2D eigenvalue weighted by Crippen LogP contribution is -2.73. The minimum Gasteiger partial charge on any atom is -0.444 e. The first-order valence-corrected chi connectivity index (χ1v) is 20.4. The molecule has 2 spiro atoms. The molecule has 4 aliphatic rings. The summed E-state index contributed by atoms with van der Waals surface area (Å²) in [4.78, 5) is 59.7. The number of rotatable bonds is 7. The SMILES string of the molecule is CC(C)(C)OC(=O)N1CC(c2ccc(N3CC4(CCCCN4C(=O)OC(C)(C)C)C3)c(/C=C/C(=O)NO)c2)CCC12CCN(c1ccccc1/C=C/C(=O)NO)CC2. The first-order valence-electron chi connectivity index (χ1n) is 20.4. The van der Waals surface area contributed by atoms with Crippen molar-refractivity contribution in [3.63, 3.8) is 0 Å². The van der Waals surface area contributed by atoms with Crippen LogP contribution >= 0.6 is 0 Å². The molecule has 4 N–H and O–H groups in total. The summed E-state index contributed by atoms with van der Waals surface area (Å²) in [5.74, 6) is -1.25. The summed E-state index contributed by atoms with van der Waals surface area (Å²) in [6, 6.07) is 14.1. The number of amides is 4. The predicted molar refractivity (Wildman–Crippen MR) is 222 cm³/mol. The standard InChI is InChI=1S/C44H60N6O8/c1-41(2,3)57-39(53)49-24-10-9-20-44(49)29-48(30-44)36-16-13-32(27-33(36)15-18-38(52)46-56)34-19-21-43(50(28-34)40(54)58-42(4,5)6)22-25-47(26-23-43)35-12-8-7-11-31(35)14-17-37(51)45-55/h7-8,11-18,27,34,55-56H,9-10,19-26,28-30H2,1-6H3,(H,45,51)(H,46,52)/b17-14+,18-15+. The largest absolute Gasteiger partial charge is 0.444 e. The molecule has 0 aromatic heterocycles. The first-order chi connectivity index (χ1) is 27.4. The van der Waals surface area contributed by atoms with Gasteiger partial charge in [-0.05, 0) is 134 Å². The van der Waals surface area contributed by atoms with Gasteiger partial charge in [-0.25, -0.2) is 20.5 Å². The van der Waals surface area contributed by atoms with E-state index in [2.05, 4.69) is 28.0 Å². The molecule has 314 valence electrons. The van der Waals surface area contributed by atoms with Crippen LogP contribution in [0.15, 0.2) is 54.6 Å². The second-order valence-corrected chi connectivity index (χ2v) is 18.2. The molecule has 0 radical (unpaired) electrons. The highest BCUT2D eigenvalue weighted by Crippen LogP contribution is 2.46. The van der Waals surface area contributed by atoms with Crippen LogP contribution in [-0.4, -0.2) is 106 Å². The van der Waals surface area contributed by atoms with Crippen LogP contribution < -0.4 is 20.8 Å². The Morgan fingerprint density at radius 1 is 0.690 bits per heavy atom. The summed E-state index contributed by atoms with van der Waals surface area (Å²) in [6.07, 6.45) is 11.3. The van der Waals surface area contributed by atoms with Crippen LogP contribution in [0.5, 0.6) is 0 Å². The summed E-state index contributed by atoms with van der Waals surface area (Å²) in [5.41, 5.74) is 5.88. The molecule has 1 unspecified atom stereocenters. The van der Waals surface area contributed by atoms with Crippen LogP contribution in [0.4, 0.5) is 21.0 Å². The highest BCUT2D eigenvalue weighted by molar-refractivity contribution is 5.92. The van der Waals surface area contributed by atoms with E-state index in [1.165, 1.54) is 12.2 Å². The van der Waals surface area contributed by atoms with Crippen molar-refractivity contribution >= 4 is 47.5 Å². The van der Waals surface area contributed by atoms with Crippen LogP contribution in [0.25, 0.3) is 12.2 Å². The third-order valence-electron chi connectivity index (χ3n) is 11.9. The van der Waals surface area contributed by atoms with Crippen LogP contribution in [0.3, 0.4) is 0 Å². The molecule has 0 bridgehead atoms. The Bertz CT molecular complexity index is 1900. The Kier molecular flexibility index (Phi) is 12.5. The van der Waals surface area contributed by atoms with Gasteiger partial charge in [0.15, 0.2) is 0 Å². The zero-order chi connectivity index (χ0) is 41.9. The molecule has 14 nitrogen and oxygen atoms in total. The lowest BCUT2D eigenvalue weighted by molar-refractivity contribution is -0.124. The molecule has 0 aliphatic carbocycles. The lowest BCUT2D eigenvalue weighted by Gasteiger charge is -2.58. The van der Waals surface area contributed by atoms with Gasteiger partial charge in [-0.1, -0.05) is 24.3 Å². The van der Waals surface area contributed by atoms with Crippen molar-refractivity contribution in [1.82, 2.24) is 20.8 Å². The summed E-state index contributed by atoms with van der Waals surface area (Å²) in [7, 11) is 0. The van der Waals surface area contributed by atoms with E-state index in [9.17, 15) is 24.4 Å². The number of ether oxygens (including phenoxy) is 2. The van der Waals surface area contributed by atoms with E-state index < -0.39 is 28.6 Å². The maximum atomic E-state index is 14.1. The van der Waals surface area contributed by atoms with E-state index in [-0.39, 0.29) is 23.6 Å². The summed E-state index contributed by atoms with van der Waals surface area (Å²) in [6.45, 7) is 15.0. The number of carbonyl (C=O) groups is 4. The molecule has 4 fully saturated rings. The van der Waals surface area contributed by atoms with Crippen molar-refractivity contribution in [2.24, 2.45) is 0 Å². The smallest absolute Gasteiger partial charge is 0.410 e. The topological polar surface area (TPSA) is 164 Å². The number of hydrogen-bond donors (Lipinski definition) is 4. The summed E-state index contributed by atoms with van der Waals surface area (Å²) < 4.78 is 11.9. The van der Waals surface area contributed by atoms with Crippen molar-refractivity contribution < 1.29 is 39.1 Å². The molecule has 6 rings (SSSR count). The summed E-state index contributed by atoms with van der Waals surface area (Å²) >= 11 is 0. The molecular formula is C44H60N6O8. The molecule has 2 aromatic rings. The van der Waals surface area contributed by atoms with E-state index >= 15 is 0 Å². The van der Waals surface area contributed by atoms with E-state index in [1.54, 1.807) is 23.1 Å². The molecule has 2 aromatic carbocycles. The molecule has 14 heteroatoms. The maximum absolute atomic E-state index is 14.1. The Labute approximate surface area is 341 Å². The Balaban J connectivity index is 1.23. The van der Waals surface area contributed by atoms with E-state index in [1.807, 2.05) is 75.6 Å². The maximum Gasteiger partial charge on any atom is 0.410 e. The van der Waals surface area contributed by atoms with E-state index in [4.69, 9.17) is 14.7 Å². The summed E-state index contributed by atoms with van der Waals surface area (Å²) in [5, 5.41) is 18.2. The second-order valence-electron chi connectivity index (χ2n) is 18.2. The number of nitrogens with zero attached hydrogens (tertiary/aromatic N) is 4. The van der Waals surface area contributed by atoms with Crippen molar-refractivity contribution in [2.45, 2.75) is 115 Å². The van der Waals surface area contributed by atoms with Crippen molar-refractivity contribution in [3.8, 4) is 0 Å². The van der Waals surface area contributed by atoms with Crippen molar-refractivity contribution in [2.75, 3.05) is 49.1 Å². The van der Waals surface area contributed by atoms with Crippen LogP contribution in [0.1, 0.15) is 109 Å². The fourth-order valence-corrected chi connectivity index (χ4v) is 9.06. The third-order valence-corrected chi connectivity index (χ3v) is 11.9. The lowest BCUT2D eigenvalue weighted by atomic mass is 9.74. The number of likely N-dealkylation sites (tertiary alicyclic amines) is 2. The Morgan fingerprint density at radius 3 is 1.90 bits per heavy atom. The molecule has 0 saturated carbocycles. The average molecular weight is 801 g/mol. The minimum atomic E-state index is -0.684. The van der Waals surface area contributed by atoms with Crippen molar-refractivity contribution in [3.05, 3.63) is 71.3 Å². The predicted octanol–water partition coefficient (Wildman–Crippen LogP) is 6.86. The normalized spacial score (nSPS) is 20.7. The highest BCUT2D eigenvalue weighted by atomic mass is 16.6. The molecular weight excluding hydrogens is 741 g/mol. The fourth-order valence-electron chi connectivity index (χ4n) is 9.06. The van der Waals surface area contributed by atoms with Crippen LogP contribution in [-0.2, 0) is 19.1 Å². The van der Waals surface area contributed by atoms with E-state index in [0.717, 1.165) is 73.0 Å². The van der Waals surface area contributed by atoms with Crippen LogP contribution in [0.2, 0.25) is 0 Å². The number of piperidine rings is 3. The molecule has 58 heavy (non-hydrogen) atoms. The molecule has 4 amide bonds. The van der Waals surface area contributed by atoms with Gasteiger partial charge in [-0.2, -0.15) is 0 Å². The van der Waals surface area contributed by atoms with Crippen molar-refractivity contribution in [1.29, 1.82) is 0 Å². The zero-order valence-electron chi connectivity index (χ0n) is 34.8. The Morgan fingerprint density at radius 2 is 1.28 bits per heavy atom. The number of nitrogens with one attached hydrogen (secondary N) is 2. The molecule has 1 atom stereocenters. The molecule has 4 aliphatic heterocycles. The number of anilines is 2. The molecule has 4 heterocycles. The van der Waals surface area contributed by atoms with Gasteiger partial charge in [0, 0.05) is 74.3 Å². The van der Waals surface area contributed by atoms with Gasteiger partial charge in [-0.3, -0.25) is 24.9 Å². The van der Waals surface area contributed by atoms with Crippen LogP contribution in [0, 0.1) is 0 Å². The highest BCUT2D eigenvalue weighted by Gasteiger charge is 2.52. The Hall–Kier alpha value is -5.08. The number of hydrogen-bond acceptors (Lipinski definition) is 10. The minimum absolute atomic E-state index is 0.00341. The zero-order valence-corrected chi connectivity index (χ0v) is 34.8. The van der Waals surface area contributed by atoms with Gasteiger partial charge in [0.25, 0.3) is 11.8 Å². The van der Waals surface area contributed by atoms with Gasteiger partial charge < -0.3 is 24.2 Å². The first kappa shape index (κ1) is 42.5. The van der Waals surface area contributed by atoms with Gasteiger partial charge >= 0.3 is 12.2 Å². The monoisotopic (exact) mass is 800 g/mol. The van der Waals surface area contributed by atoms with Gasteiger partial charge in [-0.15, -0.1) is 0 Å². The second kappa shape index (κ2) is 17.0. The van der Waals surface area contributed by atoms with Gasteiger partial charge in [0.1, 0.15) is 11.2 Å². The molecule has 4 saturated heterocycles. The number of carbonyl (C=O) groups excluding carboxylic acids is 4. The quantitative estimate of drug-likeness (QED) is 0.132. The third kappa shape index (κ3) is 9.61. The average Bonchev–Trinajstić information content (AvgIpc) is 3.17. The van der Waals surface area contributed by atoms with E-state index in [0.29, 0.717) is 39.3 Å². The number of benzene rings is 2. The fraction of sp³-hybridized carbons (Fsp3) is 0.545.